The maximum Gasteiger partial charge on any atom is 0.0317 e. The van der Waals surface area contributed by atoms with Gasteiger partial charge in [-0.25, -0.2) is 0 Å². The highest BCUT2D eigenvalue weighted by molar-refractivity contribution is 5.85. The molecular weight excluding hydrogens is 232 g/mol. The molecule has 2 nitrogen and oxygen atoms in total. The summed E-state index contributed by atoms with van der Waals surface area (Å²) >= 11 is 0. The fraction of sp³-hybridized carbons (Fsp3) is 0.571. The predicted octanol–water partition coefficient (Wildman–Crippen LogP) is 3.46. The van der Waals surface area contributed by atoms with Crippen LogP contribution in [0, 0.1) is 0 Å². The van der Waals surface area contributed by atoms with Crippen molar-refractivity contribution in [3.63, 3.8) is 0 Å². The van der Waals surface area contributed by atoms with Crippen molar-refractivity contribution in [2.24, 2.45) is 0 Å². The minimum absolute atomic E-state index is 0. The minimum Gasteiger partial charge on any atom is -0.399 e. The van der Waals surface area contributed by atoms with Gasteiger partial charge in [0.25, 0.3) is 0 Å². The fourth-order valence-corrected chi connectivity index (χ4v) is 2.66. The molecule has 1 aliphatic rings. The van der Waals surface area contributed by atoms with Crippen molar-refractivity contribution >= 4 is 18.1 Å². The van der Waals surface area contributed by atoms with E-state index in [4.69, 9.17) is 5.73 Å². The van der Waals surface area contributed by atoms with Crippen LogP contribution in [0.3, 0.4) is 0 Å². The van der Waals surface area contributed by atoms with Gasteiger partial charge in [0.2, 0.25) is 0 Å². The van der Waals surface area contributed by atoms with E-state index < -0.39 is 0 Å². The lowest BCUT2D eigenvalue weighted by Gasteiger charge is -2.35. The number of rotatable bonds is 3. The van der Waals surface area contributed by atoms with Crippen LogP contribution in [0.1, 0.15) is 38.2 Å². The van der Waals surface area contributed by atoms with Gasteiger partial charge in [-0.3, -0.25) is 4.90 Å². The van der Waals surface area contributed by atoms with Crippen LogP contribution in [0.2, 0.25) is 0 Å². The number of likely N-dealkylation sites (tertiary alicyclic amines) is 1. The largest absolute Gasteiger partial charge is 0.399 e. The molecule has 0 aromatic heterocycles. The molecule has 1 aromatic rings. The summed E-state index contributed by atoms with van der Waals surface area (Å²) in [5, 5.41) is 0. The fourth-order valence-electron chi connectivity index (χ4n) is 2.66. The molecule has 1 saturated heterocycles. The molecule has 1 atom stereocenters. The Kier molecular flexibility index (Phi) is 5.79. The second kappa shape index (κ2) is 6.87. The second-order valence-electron chi connectivity index (χ2n) is 4.77. The van der Waals surface area contributed by atoms with Crippen LogP contribution in [0.15, 0.2) is 24.3 Å². The normalized spacial score (nSPS) is 20.9. The van der Waals surface area contributed by atoms with Gasteiger partial charge in [-0.15, -0.1) is 12.4 Å². The molecule has 0 bridgehead atoms. The van der Waals surface area contributed by atoms with Crippen LogP contribution in [0.4, 0.5) is 5.69 Å². The summed E-state index contributed by atoms with van der Waals surface area (Å²) in [4.78, 5) is 2.61. The van der Waals surface area contributed by atoms with Crippen LogP contribution in [-0.4, -0.2) is 17.5 Å². The summed E-state index contributed by atoms with van der Waals surface area (Å²) in [7, 11) is 0. The lowest BCUT2D eigenvalue weighted by Crippen LogP contribution is -2.38. The molecule has 3 heteroatoms. The SMILES string of the molecule is CCC1CCCCN1Cc1cccc(N)c1.Cl. The van der Waals surface area contributed by atoms with Crippen molar-refractivity contribution in [3.8, 4) is 0 Å². The zero-order valence-electron chi connectivity index (χ0n) is 10.6. The van der Waals surface area contributed by atoms with Gasteiger partial charge in [0, 0.05) is 18.3 Å². The predicted molar refractivity (Wildman–Crippen MR) is 76.4 cm³/mol. The Balaban J connectivity index is 0.00000144. The number of anilines is 1. The summed E-state index contributed by atoms with van der Waals surface area (Å²) in [5.41, 5.74) is 8.04. The zero-order valence-corrected chi connectivity index (χ0v) is 11.4. The van der Waals surface area contributed by atoms with E-state index in [1.807, 2.05) is 6.07 Å². The summed E-state index contributed by atoms with van der Waals surface area (Å²) in [6, 6.07) is 9.06. The molecule has 0 aliphatic carbocycles. The Bertz CT molecular complexity index is 341. The first-order valence-electron chi connectivity index (χ1n) is 6.38. The number of nitrogens with two attached hydrogens (primary N) is 1. The molecule has 96 valence electrons. The van der Waals surface area contributed by atoms with Crippen LogP contribution >= 0.6 is 12.4 Å². The van der Waals surface area contributed by atoms with Crippen molar-refractivity contribution in [3.05, 3.63) is 29.8 Å². The molecule has 1 fully saturated rings. The standard InChI is InChI=1S/C14H22N2.ClH/c1-2-14-8-3-4-9-16(14)11-12-6-5-7-13(15)10-12;/h5-7,10,14H,2-4,8-9,11,15H2,1H3;1H. The van der Waals surface area contributed by atoms with E-state index in [-0.39, 0.29) is 12.4 Å². The van der Waals surface area contributed by atoms with Gasteiger partial charge in [0.15, 0.2) is 0 Å². The van der Waals surface area contributed by atoms with Crippen molar-refractivity contribution in [2.75, 3.05) is 12.3 Å². The Labute approximate surface area is 111 Å². The quantitative estimate of drug-likeness (QED) is 0.838. The third-order valence-electron chi connectivity index (χ3n) is 3.56. The topological polar surface area (TPSA) is 29.3 Å². The van der Waals surface area contributed by atoms with Crippen molar-refractivity contribution < 1.29 is 0 Å². The Morgan fingerprint density at radius 2 is 2.18 bits per heavy atom. The summed E-state index contributed by atoms with van der Waals surface area (Å²) < 4.78 is 0. The summed E-state index contributed by atoms with van der Waals surface area (Å²) in [5.74, 6) is 0. The van der Waals surface area contributed by atoms with E-state index >= 15 is 0 Å². The number of benzene rings is 1. The Morgan fingerprint density at radius 3 is 2.88 bits per heavy atom. The van der Waals surface area contributed by atoms with E-state index in [0.29, 0.717) is 0 Å². The lowest BCUT2D eigenvalue weighted by atomic mass is 9.99. The van der Waals surface area contributed by atoms with E-state index in [1.54, 1.807) is 0 Å². The van der Waals surface area contributed by atoms with Crippen molar-refractivity contribution in [2.45, 2.75) is 45.2 Å². The third-order valence-corrected chi connectivity index (χ3v) is 3.56. The van der Waals surface area contributed by atoms with Crippen LogP contribution < -0.4 is 5.73 Å². The maximum atomic E-state index is 5.81. The molecule has 1 aromatic carbocycles. The summed E-state index contributed by atoms with van der Waals surface area (Å²) in [6.07, 6.45) is 5.37. The van der Waals surface area contributed by atoms with Gasteiger partial charge in [-0.05, 0) is 43.5 Å². The molecule has 2 rings (SSSR count). The number of hydrogen-bond donors (Lipinski definition) is 1. The molecule has 2 N–H and O–H groups in total. The van der Waals surface area contributed by atoms with Gasteiger partial charge >= 0.3 is 0 Å². The molecule has 1 heterocycles. The van der Waals surface area contributed by atoms with Crippen LogP contribution in [0.5, 0.6) is 0 Å². The van der Waals surface area contributed by atoms with Crippen LogP contribution in [-0.2, 0) is 6.54 Å². The van der Waals surface area contributed by atoms with Gasteiger partial charge < -0.3 is 5.73 Å². The number of nitrogens with zero attached hydrogens (tertiary/aromatic N) is 1. The van der Waals surface area contributed by atoms with Gasteiger partial charge in [-0.1, -0.05) is 25.5 Å². The average molecular weight is 255 g/mol. The first-order valence-corrected chi connectivity index (χ1v) is 6.38. The van der Waals surface area contributed by atoms with E-state index in [1.165, 1.54) is 37.8 Å². The Hall–Kier alpha value is -0.730. The average Bonchev–Trinajstić information content (AvgIpc) is 2.30. The number of nitrogen functional groups attached to an aromatic ring is 1. The minimum atomic E-state index is 0. The highest BCUT2D eigenvalue weighted by atomic mass is 35.5. The van der Waals surface area contributed by atoms with Crippen LogP contribution in [0.25, 0.3) is 0 Å². The van der Waals surface area contributed by atoms with Gasteiger partial charge in [0.05, 0.1) is 0 Å². The molecule has 1 unspecified atom stereocenters. The zero-order chi connectivity index (χ0) is 11.4. The van der Waals surface area contributed by atoms with Crippen molar-refractivity contribution in [1.29, 1.82) is 0 Å². The van der Waals surface area contributed by atoms with Crippen molar-refractivity contribution in [1.82, 2.24) is 4.90 Å². The van der Waals surface area contributed by atoms with E-state index in [2.05, 4.69) is 30.0 Å². The number of halogens is 1. The smallest absolute Gasteiger partial charge is 0.0317 e. The first kappa shape index (κ1) is 14.3. The maximum absolute atomic E-state index is 5.81. The van der Waals surface area contributed by atoms with E-state index in [9.17, 15) is 0 Å². The van der Waals surface area contributed by atoms with Gasteiger partial charge in [0.1, 0.15) is 0 Å². The molecule has 1 aliphatic heterocycles. The molecule has 0 saturated carbocycles. The first-order chi connectivity index (χ1) is 7.79. The highest BCUT2D eigenvalue weighted by Crippen LogP contribution is 2.22. The molecule has 0 radical (unpaired) electrons. The molecule has 0 spiro atoms. The second-order valence-corrected chi connectivity index (χ2v) is 4.77. The third kappa shape index (κ3) is 3.90. The monoisotopic (exact) mass is 254 g/mol. The Morgan fingerprint density at radius 1 is 1.35 bits per heavy atom. The molecular formula is C14H23ClN2. The molecule has 0 amide bonds. The number of piperidine rings is 1. The highest BCUT2D eigenvalue weighted by Gasteiger charge is 2.20. The summed E-state index contributed by atoms with van der Waals surface area (Å²) in [6.45, 7) is 4.60. The van der Waals surface area contributed by atoms with E-state index in [0.717, 1.165) is 18.3 Å². The lowest BCUT2D eigenvalue weighted by molar-refractivity contribution is 0.136. The molecule has 17 heavy (non-hydrogen) atoms. The number of hydrogen-bond acceptors (Lipinski definition) is 2. The van der Waals surface area contributed by atoms with Gasteiger partial charge in [-0.2, -0.15) is 0 Å².